The number of ether oxygens (including phenoxy) is 1. The summed E-state index contributed by atoms with van der Waals surface area (Å²) < 4.78 is 5.46. The molecular weight excluding hydrogens is 218 g/mol. The van der Waals surface area contributed by atoms with Crippen molar-refractivity contribution in [2.24, 2.45) is 22.9 Å². The average Bonchev–Trinajstić information content (AvgIpc) is 2.27. The van der Waals surface area contributed by atoms with E-state index < -0.39 is 5.97 Å². The second-order valence-electron chi connectivity index (χ2n) is 5.46. The Morgan fingerprint density at radius 2 is 2.06 bits per heavy atom. The summed E-state index contributed by atoms with van der Waals surface area (Å²) in [6.07, 6.45) is 3.17. The lowest BCUT2D eigenvalue weighted by Crippen LogP contribution is -2.37. The van der Waals surface area contributed by atoms with Gasteiger partial charge in [-0.2, -0.15) is 0 Å². The van der Waals surface area contributed by atoms with Gasteiger partial charge in [-0.25, -0.2) is 4.79 Å². The molecule has 3 atom stereocenters. The Hall–Kier alpha value is -1.06. The molecule has 0 aromatic heterocycles. The van der Waals surface area contributed by atoms with Crippen molar-refractivity contribution in [3.8, 4) is 0 Å². The fraction of sp³-hybridized carbons (Fsp3) is 0.846. The zero-order chi connectivity index (χ0) is 13.0. The summed E-state index contributed by atoms with van der Waals surface area (Å²) in [4.78, 5) is 11.6. The standard InChI is InChI=1S/C13H23NO3/c1-8(2)11-6-5-9(3)7-12(11)17-13(15)10(4)14-16/h8-9,11-12,16H,5-7H2,1-4H3/b14-10-/t9-,11-,12+/m0/s1. The molecule has 0 aromatic carbocycles. The minimum Gasteiger partial charge on any atom is -0.458 e. The van der Waals surface area contributed by atoms with Crippen LogP contribution < -0.4 is 0 Å². The number of nitrogens with zero attached hydrogens (tertiary/aromatic N) is 1. The van der Waals surface area contributed by atoms with Crippen molar-refractivity contribution in [1.82, 2.24) is 0 Å². The van der Waals surface area contributed by atoms with Crippen LogP contribution in [0.25, 0.3) is 0 Å². The van der Waals surface area contributed by atoms with E-state index in [4.69, 9.17) is 9.94 Å². The first-order valence-electron chi connectivity index (χ1n) is 6.35. The molecule has 0 saturated heterocycles. The molecule has 1 aliphatic rings. The van der Waals surface area contributed by atoms with Gasteiger partial charge in [-0.3, -0.25) is 0 Å². The first-order valence-corrected chi connectivity index (χ1v) is 6.35. The monoisotopic (exact) mass is 241 g/mol. The molecular formula is C13H23NO3. The number of carbonyl (C=O) groups excluding carboxylic acids is 1. The molecule has 0 amide bonds. The first-order chi connectivity index (χ1) is 7.95. The molecule has 17 heavy (non-hydrogen) atoms. The van der Waals surface area contributed by atoms with Crippen LogP contribution in [0.3, 0.4) is 0 Å². The Kier molecular flexibility index (Phi) is 4.97. The van der Waals surface area contributed by atoms with Crippen molar-refractivity contribution in [3.63, 3.8) is 0 Å². The second-order valence-corrected chi connectivity index (χ2v) is 5.46. The molecule has 1 rings (SSSR count). The molecule has 1 saturated carbocycles. The molecule has 98 valence electrons. The van der Waals surface area contributed by atoms with Crippen LogP contribution in [-0.2, 0) is 9.53 Å². The summed E-state index contributed by atoms with van der Waals surface area (Å²) in [6, 6.07) is 0. The van der Waals surface area contributed by atoms with E-state index in [0.29, 0.717) is 17.8 Å². The van der Waals surface area contributed by atoms with Crippen LogP contribution in [0.5, 0.6) is 0 Å². The van der Waals surface area contributed by atoms with Crippen molar-refractivity contribution < 1.29 is 14.7 Å². The van der Waals surface area contributed by atoms with Gasteiger partial charge < -0.3 is 9.94 Å². The zero-order valence-electron chi connectivity index (χ0n) is 11.1. The van der Waals surface area contributed by atoms with Crippen LogP contribution in [0.4, 0.5) is 0 Å². The third kappa shape index (κ3) is 3.72. The van der Waals surface area contributed by atoms with E-state index in [1.165, 1.54) is 13.3 Å². The molecule has 0 aliphatic heterocycles. The highest BCUT2D eigenvalue weighted by Gasteiger charge is 2.33. The lowest BCUT2D eigenvalue weighted by Gasteiger charge is -2.36. The molecule has 0 aromatic rings. The van der Waals surface area contributed by atoms with E-state index >= 15 is 0 Å². The highest BCUT2D eigenvalue weighted by Crippen LogP contribution is 2.35. The Morgan fingerprint density at radius 3 is 2.59 bits per heavy atom. The van der Waals surface area contributed by atoms with Crippen molar-refractivity contribution in [3.05, 3.63) is 0 Å². The lowest BCUT2D eigenvalue weighted by atomic mass is 9.75. The second kappa shape index (κ2) is 6.03. The summed E-state index contributed by atoms with van der Waals surface area (Å²) in [6.45, 7) is 7.96. The smallest absolute Gasteiger partial charge is 0.356 e. The van der Waals surface area contributed by atoms with Gasteiger partial charge in [0.05, 0.1) is 0 Å². The van der Waals surface area contributed by atoms with E-state index in [-0.39, 0.29) is 11.8 Å². The van der Waals surface area contributed by atoms with Crippen LogP contribution in [0.2, 0.25) is 0 Å². The van der Waals surface area contributed by atoms with Gasteiger partial charge in [0, 0.05) is 0 Å². The van der Waals surface area contributed by atoms with Crippen LogP contribution >= 0.6 is 0 Å². The normalized spacial score (nSPS) is 30.4. The van der Waals surface area contributed by atoms with E-state index in [0.717, 1.165) is 12.8 Å². The minimum absolute atomic E-state index is 0.0192. The predicted molar refractivity (Wildman–Crippen MR) is 66.1 cm³/mol. The summed E-state index contributed by atoms with van der Waals surface area (Å²) in [5.41, 5.74) is 0.0192. The minimum atomic E-state index is -0.503. The van der Waals surface area contributed by atoms with Gasteiger partial charge in [0.15, 0.2) is 5.71 Å². The molecule has 0 spiro atoms. The van der Waals surface area contributed by atoms with Crippen molar-refractivity contribution in [2.45, 2.75) is 53.1 Å². The topological polar surface area (TPSA) is 58.9 Å². The SMILES string of the molecule is C/C(=N/O)C(=O)O[C@@H]1C[C@@H](C)CC[C@H]1C(C)C. The molecule has 1 aliphatic carbocycles. The first kappa shape index (κ1) is 14.0. The van der Waals surface area contributed by atoms with Crippen LogP contribution in [0.15, 0.2) is 5.16 Å². The van der Waals surface area contributed by atoms with Gasteiger partial charge in [0.25, 0.3) is 0 Å². The summed E-state index contributed by atoms with van der Waals surface area (Å²) in [5.74, 6) is 1.01. The molecule has 0 radical (unpaired) electrons. The molecule has 0 unspecified atom stereocenters. The molecule has 0 bridgehead atoms. The van der Waals surface area contributed by atoms with Gasteiger partial charge >= 0.3 is 5.97 Å². The number of esters is 1. The van der Waals surface area contributed by atoms with Gasteiger partial charge in [-0.15, -0.1) is 0 Å². The molecule has 4 nitrogen and oxygen atoms in total. The third-order valence-corrected chi connectivity index (χ3v) is 3.67. The van der Waals surface area contributed by atoms with Gasteiger partial charge in [0.2, 0.25) is 0 Å². The number of carbonyl (C=O) groups is 1. The van der Waals surface area contributed by atoms with Gasteiger partial charge in [-0.1, -0.05) is 32.3 Å². The Balaban J connectivity index is 2.67. The van der Waals surface area contributed by atoms with Crippen LogP contribution in [-0.4, -0.2) is 23.0 Å². The Bertz CT molecular complexity index is 299. The van der Waals surface area contributed by atoms with E-state index in [9.17, 15) is 4.79 Å². The summed E-state index contributed by atoms with van der Waals surface area (Å²) >= 11 is 0. The lowest BCUT2D eigenvalue weighted by molar-refractivity contribution is -0.147. The molecule has 1 fully saturated rings. The number of oxime groups is 1. The molecule has 1 N–H and O–H groups in total. The predicted octanol–water partition coefficient (Wildman–Crippen LogP) is 2.84. The van der Waals surface area contributed by atoms with E-state index in [1.807, 2.05) is 0 Å². The maximum absolute atomic E-state index is 11.6. The zero-order valence-corrected chi connectivity index (χ0v) is 11.1. The fourth-order valence-electron chi connectivity index (χ4n) is 2.51. The van der Waals surface area contributed by atoms with Gasteiger partial charge in [0.1, 0.15) is 6.10 Å². The van der Waals surface area contributed by atoms with Gasteiger partial charge in [-0.05, 0) is 37.5 Å². The van der Waals surface area contributed by atoms with Crippen LogP contribution in [0.1, 0.15) is 47.0 Å². The average molecular weight is 241 g/mol. The maximum atomic E-state index is 11.6. The highest BCUT2D eigenvalue weighted by molar-refractivity contribution is 6.35. The third-order valence-electron chi connectivity index (χ3n) is 3.67. The van der Waals surface area contributed by atoms with Crippen molar-refractivity contribution in [2.75, 3.05) is 0 Å². The summed E-state index contributed by atoms with van der Waals surface area (Å²) in [7, 11) is 0. The Morgan fingerprint density at radius 1 is 1.41 bits per heavy atom. The van der Waals surface area contributed by atoms with Crippen LogP contribution in [0, 0.1) is 17.8 Å². The molecule has 0 heterocycles. The van der Waals surface area contributed by atoms with E-state index in [2.05, 4.69) is 25.9 Å². The number of hydrogen-bond acceptors (Lipinski definition) is 4. The fourth-order valence-corrected chi connectivity index (χ4v) is 2.51. The van der Waals surface area contributed by atoms with E-state index in [1.54, 1.807) is 0 Å². The quantitative estimate of drug-likeness (QED) is 0.358. The number of hydrogen-bond donors (Lipinski definition) is 1. The largest absolute Gasteiger partial charge is 0.458 e. The maximum Gasteiger partial charge on any atom is 0.356 e. The summed E-state index contributed by atoms with van der Waals surface area (Å²) in [5, 5.41) is 11.4. The molecule has 4 heteroatoms. The highest BCUT2D eigenvalue weighted by atomic mass is 16.5. The Labute approximate surface area is 103 Å². The van der Waals surface area contributed by atoms with Crippen molar-refractivity contribution >= 4 is 11.7 Å². The number of rotatable bonds is 3. The van der Waals surface area contributed by atoms with Crippen molar-refractivity contribution in [1.29, 1.82) is 0 Å².